The summed E-state index contributed by atoms with van der Waals surface area (Å²) in [7, 11) is 0. The summed E-state index contributed by atoms with van der Waals surface area (Å²) in [6.45, 7) is 3.70. The number of aromatic nitrogens is 2. The van der Waals surface area contributed by atoms with Crippen molar-refractivity contribution in [1.29, 1.82) is 5.26 Å². The van der Waals surface area contributed by atoms with Crippen molar-refractivity contribution in [3.8, 4) is 17.3 Å². The quantitative estimate of drug-likeness (QED) is 0.838. The van der Waals surface area contributed by atoms with E-state index in [1.165, 1.54) is 0 Å². The van der Waals surface area contributed by atoms with Gasteiger partial charge in [-0.25, -0.2) is 4.98 Å². The maximum Gasteiger partial charge on any atom is 0.120 e. The molecule has 0 saturated carbocycles. The second-order valence-electron chi connectivity index (χ2n) is 3.72. The van der Waals surface area contributed by atoms with Gasteiger partial charge in [0, 0.05) is 5.56 Å². The van der Waals surface area contributed by atoms with E-state index < -0.39 is 0 Å². The minimum Gasteiger partial charge on any atom is -0.341 e. The standard InChI is InChI=1S/C13H14N4/c1-2-15-9-13-16-8-12(17-13)11-5-3-4-10(6-11)7-14/h3-6,8,15H,2,9H2,1H3,(H,16,17). The number of nitrogens with zero attached hydrogens (tertiary/aromatic N) is 2. The molecule has 0 amide bonds. The van der Waals surface area contributed by atoms with Crippen LogP contribution < -0.4 is 5.32 Å². The van der Waals surface area contributed by atoms with Crippen LogP contribution in [-0.2, 0) is 6.54 Å². The van der Waals surface area contributed by atoms with Crippen molar-refractivity contribution in [1.82, 2.24) is 15.3 Å². The maximum atomic E-state index is 8.84. The van der Waals surface area contributed by atoms with Crippen LogP contribution >= 0.6 is 0 Å². The van der Waals surface area contributed by atoms with Crippen molar-refractivity contribution in [2.75, 3.05) is 6.54 Å². The molecule has 86 valence electrons. The second-order valence-corrected chi connectivity index (χ2v) is 3.72. The van der Waals surface area contributed by atoms with Crippen LogP contribution in [0.1, 0.15) is 18.3 Å². The molecule has 17 heavy (non-hydrogen) atoms. The van der Waals surface area contributed by atoms with E-state index in [-0.39, 0.29) is 0 Å². The van der Waals surface area contributed by atoms with Crippen LogP contribution in [0.4, 0.5) is 0 Å². The van der Waals surface area contributed by atoms with E-state index in [0.29, 0.717) is 5.56 Å². The fourth-order valence-electron chi connectivity index (χ4n) is 1.60. The molecule has 0 aliphatic rings. The van der Waals surface area contributed by atoms with Gasteiger partial charge in [-0.1, -0.05) is 19.1 Å². The Morgan fingerprint density at radius 1 is 1.47 bits per heavy atom. The summed E-state index contributed by atoms with van der Waals surface area (Å²) in [5, 5.41) is 12.1. The Labute approximate surface area is 100 Å². The third kappa shape index (κ3) is 2.71. The summed E-state index contributed by atoms with van der Waals surface area (Å²) in [5.41, 5.74) is 2.58. The molecule has 1 aromatic heterocycles. The molecule has 0 spiro atoms. The zero-order valence-corrected chi connectivity index (χ0v) is 9.70. The highest BCUT2D eigenvalue weighted by Gasteiger charge is 2.03. The number of H-pyrrole nitrogens is 1. The average Bonchev–Trinajstić information content (AvgIpc) is 2.85. The Kier molecular flexibility index (Phi) is 3.53. The first-order valence-electron chi connectivity index (χ1n) is 5.58. The summed E-state index contributed by atoms with van der Waals surface area (Å²) in [4.78, 5) is 7.52. The number of aromatic amines is 1. The van der Waals surface area contributed by atoms with E-state index in [1.54, 1.807) is 12.3 Å². The lowest BCUT2D eigenvalue weighted by Gasteiger charge is -1.98. The molecule has 2 rings (SSSR count). The molecule has 0 radical (unpaired) electrons. The van der Waals surface area contributed by atoms with Crippen LogP contribution in [0.5, 0.6) is 0 Å². The van der Waals surface area contributed by atoms with Gasteiger partial charge in [-0.15, -0.1) is 0 Å². The fourth-order valence-corrected chi connectivity index (χ4v) is 1.60. The first-order chi connectivity index (χ1) is 8.33. The van der Waals surface area contributed by atoms with Gasteiger partial charge in [0.1, 0.15) is 5.82 Å². The van der Waals surface area contributed by atoms with Crippen molar-refractivity contribution in [3.05, 3.63) is 41.9 Å². The first-order valence-corrected chi connectivity index (χ1v) is 5.58. The van der Waals surface area contributed by atoms with Crippen molar-refractivity contribution < 1.29 is 0 Å². The van der Waals surface area contributed by atoms with Gasteiger partial charge in [0.25, 0.3) is 0 Å². The molecular formula is C13H14N4. The van der Waals surface area contributed by atoms with Gasteiger partial charge in [-0.05, 0) is 18.7 Å². The predicted octanol–water partition coefficient (Wildman–Crippen LogP) is 2.06. The molecule has 4 heteroatoms. The van der Waals surface area contributed by atoms with Crippen molar-refractivity contribution in [2.45, 2.75) is 13.5 Å². The van der Waals surface area contributed by atoms with Crippen LogP contribution in [0, 0.1) is 11.3 Å². The molecule has 0 fully saturated rings. The van der Waals surface area contributed by atoms with Gasteiger partial charge in [-0.2, -0.15) is 5.26 Å². The Morgan fingerprint density at radius 2 is 2.35 bits per heavy atom. The first kappa shape index (κ1) is 11.4. The second kappa shape index (κ2) is 5.28. The van der Waals surface area contributed by atoms with E-state index in [1.807, 2.05) is 18.2 Å². The van der Waals surface area contributed by atoms with Gasteiger partial charge >= 0.3 is 0 Å². The van der Waals surface area contributed by atoms with Crippen LogP contribution in [0.25, 0.3) is 11.3 Å². The van der Waals surface area contributed by atoms with E-state index in [4.69, 9.17) is 5.26 Å². The van der Waals surface area contributed by atoms with Gasteiger partial charge < -0.3 is 10.3 Å². The average molecular weight is 226 g/mol. The third-order valence-electron chi connectivity index (χ3n) is 2.47. The van der Waals surface area contributed by atoms with Gasteiger partial charge in [0.05, 0.1) is 30.1 Å². The maximum absolute atomic E-state index is 8.84. The molecule has 2 N–H and O–H groups in total. The van der Waals surface area contributed by atoms with Crippen LogP contribution in [0.2, 0.25) is 0 Å². The minimum absolute atomic E-state index is 0.658. The van der Waals surface area contributed by atoms with E-state index in [0.717, 1.165) is 30.2 Å². The smallest absolute Gasteiger partial charge is 0.120 e. The number of imidazole rings is 1. The highest BCUT2D eigenvalue weighted by Crippen LogP contribution is 2.18. The molecule has 4 nitrogen and oxygen atoms in total. The summed E-state index contributed by atoms with van der Waals surface area (Å²) in [5.74, 6) is 0.907. The molecule has 2 aromatic rings. The van der Waals surface area contributed by atoms with Crippen molar-refractivity contribution in [2.24, 2.45) is 0 Å². The Hall–Kier alpha value is -2.12. The van der Waals surface area contributed by atoms with E-state index >= 15 is 0 Å². The third-order valence-corrected chi connectivity index (χ3v) is 2.47. The highest BCUT2D eigenvalue weighted by atomic mass is 15.0. The molecule has 0 saturated heterocycles. The Morgan fingerprint density at radius 3 is 3.12 bits per heavy atom. The van der Waals surface area contributed by atoms with Crippen LogP contribution in [0.15, 0.2) is 30.5 Å². The number of hydrogen-bond acceptors (Lipinski definition) is 3. The lowest BCUT2D eigenvalue weighted by molar-refractivity contribution is 0.698. The largest absolute Gasteiger partial charge is 0.341 e. The van der Waals surface area contributed by atoms with Gasteiger partial charge in [-0.3, -0.25) is 0 Å². The predicted molar refractivity (Wildman–Crippen MR) is 66.1 cm³/mol. The molecular weight excluding hydrogens is 212 g/mol. The Bertz CT molecular complexity index is 536. The monoisotopic (exact) mass is 226 g/mol. The number of rotatable bonds is 4. The fraction of sp³-hybridized carbons (Fsp3) is 0.231. The number of benzene rings is 1. The normalized spacial score (nSPS) is 10.1. The highest BCUT2D eigenvalue weighted by molar-refractivity contribution is 5.60. The van der Waals surface area contributed by atoms with Gasteiger partial charge in [0.15, 0.2) is 0 Å². The molecule has 0 atom stereocenters. The zero-order chi connectivity index (χ0) is 12.1. The van der Waals surface area contributed by atoms with Crippen molar-refractivity contribution >= 4 is 0 Å². The summed E-state index contributed by atoms with van der Waals surface area (Å²) in [6, 6.07) is 9.61. The van der Waals surface area contributed by atoms with Gasteiger partial charge in [0.2, 0.25) is 0 Å². The molecule has 0 unspecified atom stereocenters. The van der Waals surface area contributed by atoms with Crippen LogP contribution in [0.3, 0.4) is 0 Å². The molecule has 0 aliphatic carbocycles. The number of nitriles is 1. The topological polar surface area (TPSA) is 64.5 Å². The number of hydrogen-bond donors (Lipinski definition) is 2. The minimum atomic E-state index is 0.658. The van der Waals surface area contributed by atoms with Crippen molar-refractivity contribution in [3.63, 3.8) is 0 Å². The summed E-state index contributed by atoms with van der Waals surface area (Å²) in [6.07, 6.45) is 1.79. The molecule has 0 aliphatic heterocycles. The van der Waals surface area contributed by atoms with E-state index in [2.05, 4.69) is 28.3 Å². The van der Waals surface area contributed by atoms with E-state index in [9.17, 15) is 0 Å². The zero-order valence-electron chi connectivity index (χ0n) is 9.70. The Balaban J connectivity index is 2.21. The molecule has 0 bridgehead atoms. The summed E-state index contributed by atoms with van der Waals surface area (Å²) >= 11 is 0. The lowest BCUT2D eigenvalue weighted by Crippen LogP contribution is -2.12. The SMILES string of the molecule is CCNCc1ncc(-c2cccc(C#N)c2)[nH]1. The molecule has 1 aromatic carbocycles. The number of nitrogens with one attached hydrogen (secondary N) is 2. The lowest BCUT2D eigenvalue weighted by atomic mass is 10.1. The summed E-state index contributed by atoms with van der Waals surface area (Å²) < 4.78 is 0. The van der Waals surface area contributed by atoms with Crippen LogP contribution in [-0.4, -0.2) is 16.5 Å². The molecule has 1 heterocycles.